The first-order valence-corrected chi connectivity index (χ1v) is 7.24. The van der Waals surface area contributed by atoms with Gasteiger partial charge >= 0.3 is 0 Å². The highest BCUT2D eigenvalue weighted by molar-refractivity contribution is 6.16. The van der Waals surface area contributed by atoms with Crippen molar-refractivity contribution in [1.29, 1.82) is 0 Å². The highest BCUT2D eigenvalue weighted by Gasteiger charge is 2.33. The molecule has 0 aliphatic carbocycles. The molecule has 1 aliphatic heterocycles. The maximum Gasteiger partial charge on any atom is 0.296 e. The number of hydrogen-bond donors (Lipinski definition) is 0. The smallest absolute Gasteiger partial charge is 0.296 e. The lowest BCUT2D eigenvalue weighted by Crippen LogP contribution is -2.25. The van der Waals surface area contributed by atoms with Crippen LogP contribution < -0.4 is 9.80 Å². The van der Waals surface area contributed by atoms with Crippen LogP contribution >= 0.6 is 0 Å². The summed E-state index contributed by atoms with van der Waals surface area (Å²) in [5.41, 5.74) is 2.30. The minimum atomic E-state index is -0.156. The average molecular weight is 293 g/mol. The molecule has 4 rings (SSSR count). The van der Waals surface area contributed by atoms with Crippen LogP contribution in [0.2, 0.25) is 0 Å². The van der Waals surface area contributed by atoms with Gasteiger partial charge in [-0.05, 0) is 31.2 Å². The van der Waals surface area contributed by atoms with Crippen molar-refractivity contribution in [3.8, 4) is 0 Å². The number of furan rings is 1. The van der Waals surface area contributed by atoms with Gasteiger partial charge in [-0.2, -0.15) is 0 Å². The zero-order chi connectivity index (χ0) is 15.3. The molecular formula is C17H15N3O2. The zero-order valence-corrected chi connectivity index (χ0v) is 12.4. The van der Waals surface area contributed by atoms with Crippen molar-refractivity contribution in [1.82, 2.24) is 4.98 Å². The van der Waals surface area contributed by atoms with Gasteiger partial charge in [-0.3, -0.25) is 4.79 Å². The molecule has 0 radical (unpaired) electrons. The van der Waals surface area contributed by atoms with Gasteiger partial charge in [0.2, 0.25) is 5.76 Å². The van der Waals surface area contributed by atoms with Crippen LogP contribution in [0, 0.1) is 0 Å². The first-order chi connectivity index (χ1) is 10.7. The van der Waals surface area contributed by atoms with Crippen molar-refractivity contribution in [3.05, 3.63) is 48.4 Å². The summed E-state index contributed by atoms with van der Waals surface area (Å²) >= 11 is 0. The molecule has 2 aromatic heterocycles. The van der Waals surface area contributed by atoms with Gasteiger partial charge in [0, 0.05) is 25.2 Å². The summed E-state index contributed by atoms with van der Waals surface area (Å²) < 4.78 is 5.86. The summed E-state index contributed by atoms with van der Waals surface area (Å²) in [6.45, 7) is 2.74. The number of carbonyl (C=O) groups excluding carboxylic acids is 1. The summed E-state index contributed by atoms with van der Waals surface area (Å²) in [7, 11) is 1.75. The maximum absolute atomic E-state index is 12.8. The van der Waals surface area contributed by atoms with Crippen LogP contribution in [0.15, 0.2) is 47.0 Å². The van der Waals surface area contributed by atoms with E-state index < -0.39 is 0 Å². The SMILES string of the molecule is CCN1c2ncccc2N(C)C(=O)c2oc3ccccc3c21. The number of hydrogen-bond acceptors (Lipinski definition) is 4. The van der Waals surface area contributed by atoms with Gasteiger partial charge in [-0.25, -0.2) is 4.98 Å². The Labute approximate surface area is 127 Å². The molecule has 0 saturated carbocycles. The third kappa shape index (κ3) is 1.59. The van der Waals surface area contributed by atoms with Crippen LogP contribution in [0.4, 0.5) is 17.2 Å². The van der Waals surface area contributed by atoms with Crippen LogP contribution in [-0.4, -0.2) is 24.5 Å². The molecule has 0 N–H and O–H groups in total. The number of aromatic nitrogens is 1. The molecule has 110 valence electrons. The van der Waals surface area contributed by atoms with Crippen LogP contribution in [-0.2, 0) is 0 Å². The minimum Gasteiger partial charge on any atom is -0.449 e. The molecular weight excluding hydrogens is 278 g/mol. The molecule has 3 heterocycles. The standard InChI is InChI=1S/C17H15N3O2/c1-3-20-14-11-7-4-5-9-13(11)22-15(14)17(21)19(2)12-8-6-10-18-16(12)20/h4-10H,3H2,1-2H3. The second-order valence-electron chi connectivity index (χ2n) is 5.23. The topological polar surface area (TPSA) is 49.6 Å². The molecule has 1 aliphatic rings. The minimum absolute atomic E-state index is 0.156. The van der Waals surface area contributed by atoms with Gasteiger partial charge in [0.25, 0.3) is 5.91 Å². The number of nitrogens with zero attached hydrogens (tertiary/aromatic N) is 3. The Hall–Kier alpha value is -2.82. The number of para-hydroxylation sites is 1. The summed E-state index contributed by atoms with van der Waals surface area (Å²) in [4.78, 5) is 20.9. The van der Waals surface area contributed by atoms with E-state index in [1.54, 1.807) is 18.1 Å². The van der Waals surface area contributed by atoms with E-state index in [2.05, 4.69) is 4.98 Å². The fraction of sp³-hybridized carbons (Fsp3) is 0.176. The summed E-state index contributed by atoms with van der Waals surface area (Å²) in [6.07, 6.45) is 1.74. The predicted octanol–water partition coefficient (Wildman–Crippen LogP) is 3.58. The summed E-state index contributed by atoms with van der Waals surface area (Å²) in [5.74, 6) is 0.978. The molecule has 0 bridgehead atoms. The lowest BCUT2D eigenvalue weighted by atomic mass is 10.2. The van der Waals surface area contributed by atoms with E-state index in [0.717, 1.165) is 22.6 Å². The van der Waals surface area contributed by atoms with Gasteiger partial charge in [0.15, 0.2) is 5.82 Å². The molecule has 1 amide bonds. The Balaban J connectivity index is 2.11. The molecule has 0 fully saturated rings. The van der Waals surface area contributed by atoms with E-state index in [0.29, 0.717) is 17.9 Å². The van der Waals surface area contributed by atoms with Gasteiger partial charge in [0.05, 0.1) is 5.69 Å². The summed E-state index contributed by atoms with van der Waals surface area (Å²) in [5, 5.41) is 0.930. The zero-order valence-electron chi connectivity index (χ0n) is 12.4. The molecule has 3 aromatic rings. The van der Waals surface area contributed by atoms with E-state index >= 15 is 0 Å². The van der Waals surface area contributed by atoms with E-state index in [-0.39, 0.29) is 5.91 Å². The lowest BCUT2D eigenvalue weighted by Gasteiger charge is -2.22. The Morgan fingerprint density at radius 1 is 1.18 bits per heavy atom. The van der Waals surface area contributed by atoms with Gasteiger partial charge in [-0.15, -0.1) is 0 Å². The van der Waals surface area contributed by atoms with Crippen molar-refractivity contribution in [2.24, 2.45) is 0 Å². The molecule has 0 saturated heterocycles. The van der Waals surface area contributed by atoms with Crippen molar-refractivity contribution in [2.75, 3.05) is 23.4 Å². The predicted molar refractivity (Wildman–Crippen MR) is 85.9 cm³/mol. The van der Waals surface area contributed by atoms with Crippen LogP contribution in [0.3, 0.4) is 0 Å². The number of anilines is 3. The molecule has 0 spiro atoms. The highest BCUT2D eigenvalue weighted by Crippen LogP contribution is 2.43. The van der Waals surface area contributed by atoms with Crippen molar-refractivity contribution >= 4 is 34.1 Å². The van der Waals surface area contributed by atoms with E-state index in [1.807, 2.05) is 48.2 Å². The van der Waals surface area contributed by atoms with Crippen LogP contribution in [0.1, 0.15) is 17.5 Å². The Kier molecular flexibility index (Phi) is 2.69. The average Bonchev–Trinajstić information content (AvgIpc) is 2.91. The number of fused-ring (bicyclic) bond motifs is 4. The number of benzene rings is 1. The van der Waals surface area contributed by atoms with E-state index in [4.69, 9.17) is 4.42 Å². The fourth-order valence-electron chi connectivity index (χ4n) is 2.98. The number of pyridine rings is 1. The van der Waals surface area contributed by atoms with Crippen molar-refractivity contribution in [3.63, 3.8) is 0 Å². The van der Waals surface area contributed by atoms with Crippen LogP contribution in [0.25, 0.3) is 11.0 Å². The molecule has 0 unspecified atom stereocenters. The van der Waals surface area contributed by atoms with Crippen molar-refractivity contribution < 1.29 is 9.21 Å². The Morgan fingerprint density at radius 3 is 2.82 bits per heavy atom. The van der Waals surface area contributed by atoms with Gasteiger partial charge < -0.3 is 14.2 Å². The van der Waals surface area contributed by atoms with E-state index in [1.165, 1.54) is 0 Å². The Bertz CT molecular complexity index is 884. The van der Waals surface area contributed by atoms with Crippen LogP contribution in [0.5, 0.6) is 0 Å². The molecule has 5 nitrogen and oxygen atoms in total. The number of rotatable bonds is 1. The second-order valence-corrected chi connectivity index (χ2v) is 5.23. The molecule has 0 atom stereocenters. The normalized spacial score (nSPS) is 14.0. The fourth-order valence-corrected chi connectivity index (χ4v) is 2.98. The Morgan fingerprint density at radius 2 is 2.00 bits per heavy atom. The molecule has 5 heteroatoms. The highest BCUT2D eigenvalue weighted by atomic mass is 16.3. The largest absolute Gasteiger partial charge is 0.449 e. The lowest BCUT2D eigenvalue weighted by molar-refractivity contribution is 0.0970. The summed E-state index contributed by atoms with van der Waals surface area (Å²) in [6, 6.07) is 11.4. The van der Waals surface area contributed by atoms with Crippen molar-refractivity contribution in [2.45, 2.75) is 6.92 Å². The molecule has 22 heavy (non-hydrogen) atoms. The first kappa shape index (κ1) is 12.9. The third-order valence-electron chi connectivity index (χ3n) is 4.04. The number of amides is 1. The quantitative estimate of drug-likeness (QED) is 0.688. The van der Waals surface area contributed by atoms with Gasteiger partial charge in [0.1, 0.15) is 11.3 Å². The third-order valence-corrected chi connectivity index (χ3v) is 4.04. The molecule has 1 aromatic carbocycles. The monoisotopic (exact) mass is 293 g/mol. The van der Waals surface area contributed by atoms with E-state index in [9.17, 15) is 4.79 Å². The number of carbonyl (C=O) groups is 1. The maximum atomic E-state index is 12.8. The second kappa shape index (κ2) is 4.59. The first-order valence-electron chi connectivity index (χ1n) is 7.24. The van der Waals surface area contributed by atoms with Gasteiger partial charge in [-0.1, -0.05) is 12.1 Å².